The van der Waals surface area contributed by atoms with Gasteiger partial charge in [0.15, 0.2) is 11.1 Å². The molecular weight excluding hydrogens is 184 g/mol. The van der Waals surface area contributed by atoms with Crippen LogP contribution in [0.4, 0.5) is 0 Å². The second-order valence-electron chi connectivity index (χ2n) is 2.38. The molecule has 13 heavy (non-hydrogen) atoms. The zero-order valence-electron chi connectivity index (χ0n) is 7.47. The van der Waals surface area contributed by atoms with Gasteiger partial charge in [-0.3, -0.25) is 4.18 Å². The smallest absolute Gasteiger partial charge is 0.181 e. The zero-order chi connectivity index (χ0) is 9.52. The molecule has 1 atom stereocenters. The van der Waals surface area contributed by atoms with Gasteiger partial charge >= 0.3 is 0 Å². The minimum atomic E-state index is -1.30. The third-order valence-corrected chi connectivity index (χ3v) is 2.23. The highest BCUT2D eigenvalue weighted by Crippen LogP contribution is 2.02. The number of rotatable bonds is 4. The molecular formula is C10H12O2S. The van der Waals surface area contributed by atoms with Crippen LogP contribution in [-0.4, -0.2) is 10.8 Å². The molecule has 0 aliphatic carbocycles. The summed E-state index contributed by atoms with van der Waals surface area (Å²) in [6, 6.07) is 9.70. The lowest BCUT2D eigenvalue weighted by molar-refractivity contribution is 0.377. The summed E-state index contributed by atoms with van der Waals surface area (Å²) in [4.78, 5) is 0. The highest BCUT2D eigenvalue weighted by Gasteiger charge is 1.90. The van der Waals surface area contributed by atoms with E-state index in [2.05, 4.69) is 0 Å². The molecule has 0 amide bonds. The van der Waals surface area contributed by atoms with Crippen molar-refractivity contribution in [2.75, 3.05) is 6.61 Å². The monoisotopic (exact) mass is 196 g/mol. The largest absolute Gasteiger partial charge is 0.287 e. The van der Waals surface area contributed by atoms with E-state index in [4.69, 9.17) is 4.18 Å². The van der Waals surface area contributed by atoms with Crippen LogP contribution in [-0.2, 0) is 15.3 Å². The summed E-state index contributed by atoms with van der Waals surface area (Å²) in [5.74, 6) is 0. The van der Waals surface area contributed by atoms with Crippen molar-refractivity contribution in [1.82, 2.24) is 0 Å². The summed E-state index contributed by atoms with van der Waals surface area (Å²) in [6.45, 7) is 2.28. The first-order chi connectivity index (χ1) is 6.33. The second-order valence-corrected chi connectivity index (χ2v) is 3.41. The van der Waals surface area contributed by atoms with Gasteiger partial charge in [0.25, 0.3) is 0 Å². The Kier molecular flexibility index (Phi) is 4.43. The standard InChI is InChI=1S/C10H12O2S/c1-2-12-13(11)9-8-10-6-4-3-5-7-10/h3-9H,2H2,1H3. The average Bonchev–Trinajstić information content (AvgIpc) is 2.17. The summed E-state index contributed by atoms with van der Waals surface area (Å²) < 4.78 is 15.9. The van der Waals surface area contributed by atoms with E-state index in [-0.39, 0.29) is 0 Å². The molecule has 1 aromatic rings. The summed E-state index contributed by atoms with van der Waals surface area (Å²) in [5, 5.41) is 1.54. The van der Waals surface area contributed by atoms with E-state index in [1.54, 1.807) is 11.5 Å². The Morgan fingerprint density at radius 3 is 2.69 bits per heavy atom. The minimum absolute atomic E-state index is 0.464. The van der Waals surface area contributed by atoms with E-state index < -0.39 is 11.1 Å². The molecule has 0 radical (unpaired) electrons. The Hall–Kier alpha value is -0.930. The fourth-order valence-corrected chi connectivity index (χ4v) is 1.43. The first-order valence-electron chi connectivity index (χ1n) is 4.10. The van der Waals surface area contributed by atoms with Crippen LogP contribution in [0.1, 0.15) is 12.5 Å². The fraction of sp³-hybridized carbons (Fsp3) is 0.200. The maximum atomic E-state index is 11.0. The van der Waals surface area contributed by atoms with Gasteiger partial charge in [-0.15, -0.1) is 0 Å². The molecule has 3 heteroatoms. The van der Waals surface area contributed by atoms with E-state index in [0.29, 0.717) is 6.61 Å². The van der Waals surface area contributed by atoms with Gasteiger partial charge in [0.05, 0.1) is 6.61 Å². The SMILES string of the molecule is CCOS(=O)C=Cc1ccccc1. The summed E-state index contributed by atoms with van der Waals surface area (Å²) in [7, 11) is 0. The Bertz CT molecular complexity index is 293. The van der Waals surface area contributed by atoms with Gasteiger partial charge in [-0.2, -0.15) is 0 Å². The van der Waals surface area contributed by atoms with Crippen molar-refractivity contribution < 1.29 is 8.39 Å². The molecule has 0 aliphatic rings. The van der Waals surface area contributed by atoms with Gasteiger partial charge in [0.1, 0.15) is 0 Å². The molecule has 0 saturated carbocycles. The molecule has 0 bridgehead atoms. The third kappa shape index (κ3) is 4.01. The van der Waals surface area contributed by atoms with E-state index in [1.165, 1.54) is 0 Å². The van der Waals surface area contributed by atoms with Gasteiger partial charge in [-0.1, -0.05) is 30.3 Å². The molecule has 70 valence electrons. The molecule has 0 aromatic heterocycles. The van der Waals surface area contributed by atoms with Gasteiger partial charge in [-0.25, -0.2) is 4.21 Å². The van der Waals surface area contributed by atoms with Gasteiger partial charge in [0, 0.05) is 5.41 Å². The topological polar surface area (TPSA) is 26.3 Å². The van der Waals surface area contributed by atoms with E-state index in [1.807, 2.05) is 37.3 Å². The Balaban J connectivity index is 2.54. The molecule has 0 aliphatic heterocycles. The van der Waals surface area contributed by atoms with Crippen LogP contribution in [0.5, 0.6) is 0 Å². The molecule has 1 unspecified atom stereocenters. The van der Waals surface area contributed by atoms with Crippen molar-refractivity contribution in [2.24, 2.45) is 0 Å². The molecule has 0 N–H and O–H groups in total. The summed E-state index contributed by atoms with van der Waals surface area (Å²) in [5.41, 5.74) is 1.02. The molecule has 0 spiro atoms. The van der Waals surface area contributed by atoms with Crippen LogP contribution in [0.3, 0.4) is 0 Å². The number of benzene rings is 1. The van der Waals surface area contributed by atoms with E-state index >= 15 is 0 Å². The first-order valence-corrected chi connectivity index (χ1v) is 5.24. The van der Waals surface area contributed by atoms with Crippen molar-refractivity contribution >= 4 is 17.2 Å². The second kappa shape index (κ2) is 5.67. The van der Waals surface area contributed by atoms with Crippen molar-refractivity contribution in [2.45, 2.75) is 6.92 Å². The molecule has 1 rings (SSSR count). The lowest BCUT2D eigenvalue weighted by Crippen LogP contribution is -1.90. The van der Waals surface area contributed by atoms with Crippen LogP contribution < -0.4 is 0 Å². The Labute approximate surface area is 80.9 Å². The first kappa shape index (κ1) is 10.2. The molecule has 0 heterocycles. The van der Waals surface area contributed by atoms with Crippen molar-refractivity contribution in [3.05, 3.63) is 41.3 Å². The summed E-state index contributed by atoms with van der Waals surface area (Å²) >= 11 is -1.30. The van der Waals surface area contributed by atoms with Crippen molar-refractivity contribution in [1.29, 1.82) is 0 Å². The van der Waals surface area contributed by atoms with Crippen molar-refractivity contribution in [3.63, 3.8) is 0 Å². The Morgan fingerprint density at radius 2 is 2.08 bits per heavy atom. The molecule has 2 nitrogen and oxygen atoms in total. The average molecular weight is 196 g/mol. The lowest BCUT2D eigenvalue weighted by Gasteiger charge is -1.93. The Morgan fingerprint density at radius 1 is 1.38 bits per heavy atom. The minimum Gasteiger partial charge on any atom is -0.287 e. The highest BCUT2D eigenvalue weighted by molar-refractivity contribution is 7.83. The predicted molar refractivity (Wildman–Crippen MR) is 55.2 cm³/mol. The van der Waals surface area contributed by atoms with Crippen molar-refractivity contribution in [3.8, 4) is 0 Å². The normalized spacial score (nSPS) is 13.3. The summed E-state index contributed by atoms with van der Waals surface area (Å²) in [6.07, 6.45) is 1.78. The fourth-order valence-electron chi connectivity index (χ4n) is 0.854. The van der Waals surface area contributed by atoms with Gasteiger partial charge in [-0.05, 0) is 18.6 Å². The predicted octanol–water partition coefficient (Wildman–Crippen LogP) is 2.36. The van der Waals surface area contributed by atoms with Crippen LogP contribution >= 0.6 is 0 Å². The van der Waals surface area contributed by atoms with Crippen LogP contribution in [0.25, 0.3) is 6.08 Å². The van der Waals surface area contributed by atoms with E-state index in [0.717, 1.165) is 5.56 Å². The zero-order valence-corrected chi connectivity index (χ0v) is 8.29. The molecule has 1 aromatic carbocycles. The number of hydrogen-bond donors (Lipinski definition) is 0. The maximum Gasteiger partial charge on any atom is 0.181 e. The van der Waals surface area contributed by atoms with Crippen LogP contribution in [0.15, 0.2) is 35.7 Å². The third-order valence-electron chi connectivity index (χ3n) is 1.41. The van der Waals surface area contributed by atoms with E-state index in [9.17, 15) is 4.21 Å². The highest BCUT2D eigenvalue weighted by atomic mass is 32.2. The van der Waals surface area contributed by atoms with Crippen LogP contribution in [0, 0.1) is 0 Å². The van der Waals surface area contributed by atoms with Gasteiger partial charge in [0.2, 0.25) is 0 Å². The quantitative estimate of drug-likeness (QED) is 0.739. The molecule has 0 saturated heterocycles. The van der Waals surface area contributed by atoms with Gasteiger partial charge < -0.3 is 0 Å². The van der Waals surface area contributed by atoms with Crippen LogP contribution in [0.2, 0.25) is 0 Å². The molecule has 0 fully saturated rings. The number of hydrogen-bond acceptors (Lipinski definition) is 2. The maximum absolute atomic E-state index is 11.0. The lowest BCUT2D eigenvalue weighted by atomic mass is 10.2.